The molecule has 0 saturated heterocycles. The minimum atomic E-state index is 0.419. The molecule has 1 aromatic heterocycles. The van der Waals surface area contributed by atoms with Crippen molar-refractivity contribution >= 4 is 11.6 Å². The summed E-state index contributed by atoms with van der Waals surface area (Å²) in [5.74, 6) is 0.419. The Balaban J connectivity index is 1.64. The van der Waals surface area contributed by atoms with E-state index >= 15 is 0 Å². The Morgan fingerprint density at radius 1 is 1.08 bits per heavy atom. The summed E-state index contributed by atoms with van der Waals surface area (Å²) < 4.78 is 1.90. The summed E-state index contributed by atoms with van der Waals surface area (Å²) in [4.78, 5) is 4.45. The third-order valence-corrected chi connectivity index (χ3v) is 3.82. The first-order valence-electron chi connectivity index (χ1n) is 8.29. The zero-order chi connectivity index (χ0) is 17.6. The van der Waals surface area contributed by atoms with Gasteiger partial charge in [0.25, 0.3) is 0 Å². The molecule has 25 heavy (non-hydrogen) atoms. The maximum Gasteiger partial charge on any atom is 0.193 e. The monoisotopic (exact) mass is 333 g/mol. The van der Waals surface area contributed by atoms with Crippen molar-refractivity contribution in [3.8, 4) is 0 Å². The normalized spacial score (nSPS) is 11.5. The lowest BCUT2D eigenvalue weighted by molar-refractivity contribution is 0.686. The van der Waals surface area contributed by atoms with Gasteiger partial charge in [0.15, 0.2) is 5.96 Å². The van der Waals surface area contributed by atoms with E-state index in [4.69, 9.17) is 5.73 Å². The molecule has 0 radical (unpaired) electrons. The van der Waals surface area contributed by atoms with Gasteiger partial charge in [-0.1, -0.05) is 30.3 Å². The fourth-order valence-corrected chi connectivity index (χ4v) is 2.82. The smallest absolute Gasteiger partial charge is 0.193 e. The quantitative estimate of drug-likeness (QED) is 0.555. The van der Waals surface area contributed by atoms with Crippen LogP contribution < -0.4 is 11.1 Å². The second kappa shape index (κ2) is 7.66. The third-order valence-electron chi connectivity index (χ3n) is 3.82. The molecule has 0 bridgehead atoms. The van der Waals surface area contributed by atoms with Gasteiger partial charge in [-0.2, -0.15) is 5.10 Å². The number of aryl methyl sites for hydroxylation is 2. The van der Waals surface area contributed by atoms with Crippen LogP contribution in [0, 0.1) is 13.8 Å². The van der Waals surface area contributed by atoms with E-state index in [-0.39, 0.29) is 0 Å². The van der Waals surface area contributed by atoms with Crippen molar-refractivity contribution in [2.75, 3.05) is 5.32 Å². The summed E-state index contributed by atoms with van der Waals surface area (Å²) in [6, 6.07) is 16.5. The maximum atomic E-state index is 6.03. The number of hydrogen-bond acceptors (Lipinski definition) is 2. The van der Waals surface area contributed by atoms with Crippen molar-refractivity contribution in [1.82, 2.24) is 9.78 Å². The summed E-state index contributed by atoms with van der Waals surface area (Å²) in [6.45, 7) is 5.42. The second-order valence-electron chi connectivity index (χ2n) is 6.23. The number of guanidine groups is 1. The summed E-state index contributed by atoms with van der Waals surface area (Å²) in [5.41, 5.74) is 11.7. The maximum absolute atomic E-state index is 6.03. The SMILES string of the molecule is Cc1cc(C)cc(NC(N)=NCc2cccc(Cn3cccn3)c2)c1. The van der Waals surface area contributed by atoms with E-state index in [1.165, 1.54) is 16.7 Å². The second-order valence-corrected chi connectivity index (χ2v) is 6.23. The number of rotatable bonds is 5. The van der Waals surface area contributed by atoms with Crippen LogP contribution in [0.25, 0.3) is 0 Å². The fraction of sp³-hybridized carbons (Fsp3) is 0.200. The summed E-state index contributed by atoms with van der Waals surface area (Å²) in [5, 5.41) is 7.39. The molecule has 5 nitrogen and oxygen atoms in total. The number of benzene rings is 2. The Morgan fingerprint density at radius 2 is 1.84 bits per heavy atom. The zero-order valence-electron chi connectivity index (χ0n) is 14.6. The number of hydrogen-bond donors (Lipinski definition) is 2. The topological polar surface area (TPSA) is 68.2 Å². The molecule has 3 rings (SSSR count). The lowest BCUT2D eigenvalue weighted by Gasteiger charge is -2.08. The first-order valence-corrected chi connectivity index (χ1v) is 8.29. The van der Waals surface area contributed by atoms with Gasteiger partial charge in [-0.05, 0) is 54.3 Å². The molecule has 0 amide bonds. The van der Waals surface area contributed by atoms with Crippen LogP contribution in [0.4, 0.5) is 5.69 Å². The molecule has 1 heterocycles. The Kier molecular flexibility index (Phi) is 5.14. The zero-order valence-corrected chi connectivity index (χ0v) is 14.6. The Bertz CT molecular complexity index is 845. The predicted molar refractivity (Wildman–Crippen MR) is 103 cm³/mol. The van der Waals surface area contributed by atoms with Crippen LogP contribution in [-0.2, 0) is 13.1 Å². The third kappa shape index (κ3) is 4.94. The molecule has 0 aliphatic heterocycles. The molecule has 0 aliphatic rings. The number of nitrogens with two attached hydrogens (primary N) is 1. The molecule has 0 fully saturated rings. The molecule has 5 heteroatoms. The van der Waals surface area contributed by atoms with Crippen LogP contribution in [0.2, 0.25) is 0 Å². The molecular weight excluding hydrogens is 310 g/mol. The van der Waals surface area contributed by atoms with Crippen LogP contribution in [0.15, 0.2) is 65.9 Å². The molecule has 128 valence electrons. The number of nitrogens with one attached hydrogen (secondary N) is 1. The van der Waals surface area contributed by atoms with E-state index in [2.05, 4.69) is 65.7 Å². The standard InChI is InChI=1S/C20H23N5/c1-15-9-16(2)11-19(10-15)24-20(21)22-13-17-5-3-6-18(12-17)14-25-8-4-7-23-25/h3-12H,13-14H2,1-2H3,(H3,21,22,24). The first kappa shape index (κ1) is 16.8. The minimum absolute atomic E-state index is 0.419. The van der Waals surface area contributed by atoms with Gasteiger partial charge in [-0.25, -0.2) is 4.99 Å². The highest BCUT2D eigenvalue weighted by Crippen LogP contribution is 2.13. The predicted octanol–water partition coefficient (Wildman–Crippen LogP) is 3.48. The van der Waals surface area contributed by atoms with E-state index in [1.807, 2.05) is 23.0 Å². The van der Waals surface area contributed by atoms with Gasteiger partial charge in [0.1, 0.15) is 0 Å². The van der Waals surface area contributed by atoms with Crippen molar-refractivity contribution in [1.29, 1.82) is 0 Å². The molecular formula is C20H23N5. The van der Waals surface area contributed by atoms with Crippen molar-refractivity contribution in [2.24, 2.45) is 10.7 Å². The van der Waals surface area contributed by atoms with Gasteiger partial charge in [0, 0.05) is 18.1 Å². The van der Waals surface area contributed by atoms with E-state index in [1.54, 1.807) is 6.20 Å². The number of aliphatic imine (C=N–C) groups is 1. The Labute approximate surface area is 148 Å². The van der Waals surface area contributed by atoms with E-state index < -0.39 is 0 Å². The number of nitrogens with zero attached hydrogens (tertiary/aromatic N) is 3. The van der Waals surface area contributed by atoms with Gasteiger partial charge in [0.2, 0.25) is 0 Å². The van der Waals surface area contributed by atoms with Gasteiger partial charge >= 0.3 is 0 Å². The lowest BCUT2D eigenvalue weighted by Crippen LogP contribution is -2.22. The van der Waals surface area contributed by atoms with Crippen LogP contribution in [0.3, 0.4) is 0 Å². The summed E-state index contributed by atoms with van der Waals surface area (Å²) in [6.07, 6.45) is 3.74. The van der Waals surface area contributed by atoms with Crippen LogP contribution >= 0.6 is 0 Å². The van der Waals surface area contributed by atoms with Crippen molar-refractivity contribution in [2.45, 2.75) is 26.9 Å². The molecule has 2 aromatic carbocycles. The van der Waals surface area contributed by atoms with Gasteiger partial charge in [-0.3, -0.25) is 4.68 Å². The Hall–Kier alpha value is -3.08. The van der Waals surface area contributed by atoms with E-state index in [9.17, 15) is 0 Å². The highest BCUT2D eigenvalue weighted by molar-refractivity contribution is 5.92. The lowest BCUT2D eigenvalue weighted by atomic mass is 10.1. The molecule has 3 aromatic rings. The van der Waals surface area contributed by atoms with E-state index in [0.717, 1.165) is 17.8 Å². The van der Waals surface area contributed by atoms with Gasteiger partial charge in [0.05, 0.1) is 13.1 Å². The first-order chi connectivity index (χ1) is 12.1. The average molecular weight is 333 g/mol. The van der Waals surface area contributed by atoms with Gasteiger partial charge < -0.3 is 11.1 Å². The minimum Gasteiger partial charge on any atom is -0.370 e. The fourth-order valence-electron chi connectivity index (χ4n) is 2.82. The van der Waals surface area contributed by atoms with Crippen LogP contribution in [0.5, 0.6) is 0 Å². The van der Waals surface area contributed by atoms with Crippen LogP contribution in [-0.4, -0.2) is 15.7 Å². The largest absolute Gasteiger partial charge is 0.370 e. The molecule has 0 aliphatic carbocycles. The molecule has 0 atom stereocenters. The highest BCUT2D eigenvalue weighted by Gasteiger charge is 2.00. The molecule has 0 saturated carbocycles. The van der Waals surface area contributed by atoms with E-state index in [0.29, 0.717) is 12.5 Å². The summed E-state index contributed by atoms with van der Waals surface area (Å²) >= 11 is 0. The Morgan fingerprint density at radius 3 is 2.56 bits per heavy atom. The molecule has 0 unspecified atom stereocenters. The van der Waals surface area contributed by atoms with Crippen molar-refractivity contribution in [3.63, 3.8) is 0 Å². The van der Waals surface area contributed by atoms with Crippen LogP contribution in [0.1, 0.15) is 22.3 Å². The average Bonchev–Trinajstić information content (AvgIpc) is 3.05. The van der Waals surface area contributed by atoms with Crippen molar-refractivity contribution in [3.05, 3.63) is 83.2 Å². The molecule has 3 N–H and O–H groups in total. The highest BCUT2D eigenvalue weighted by atomic mass is 15.3. The number of aromatic nitrogens is 2. The van der Waals surface area contributed by atoms with Gasteiger partial charge in [-0.15, -0.1) is 0 Å². The summed E-state index contributed by atoms with van der Waals surface area (Å²) in [7, 11) is 0. The van der Waals surface area contributed by atoms with Crippen molar-refractivity contribution < 1.29 is 0 Å². The molecule has 0 spiro atoms. The number of anilines is 1.